The molecule has 0 fully saturated rings. The number of nitrogens with two attached hydrogens (primary N) is 1. The Morgan fingerprint density at radius 2 is 2.07 bits per heavy atom. The molecule has 0 aliphatic carbocycles. The first-order chi connectivity index (χ1) is 6.49. The molecule has 0 heterocycles. The smallest absolute Gasteiger partial charge is 0.270 e. The van der Waals surface area contributed by atoms with Gasteiger partial charge in [-0.25, -0.2) is 8.78 Å². The molecule has 0 saturated carbocycles. The van der Waals surface area contributed by atoms with Crippen LogP contribution in [-0.2, 0) is 12.5 Å². The summed E-state index contributed by atoms with van der Waals surface area (Å²) in [5, 5.41) is 0. The Hall–Kier alpha value is -1.16. The molecule has 78 valence electrons. The van der Waals surface area contributed by atoms with Crippen molar-refractivity contribution >= 4 is 0 Å². The van der Waals surface area contributed by atoms with Gasteiger partial charge in [-0.15, -0.1) is 0 Å². The summed E-state index contributed by atoms with van der Waals surface area (Å²) in [5.41, 5.74) is 5.96. The van der Waals surface area contributed by atoms with Gasteiger partial charge < -0.3 is 10.5 Å². The van der Waals surface area contributed by atoms with Crippen LogP contribution in [0.25, 0.3) is 0 Å². The van der Waals surface area contributed by atoms with Gasteiger partial charge in [0, 0.05) is 24.6 Å². The monoisotopic (exact) mass is 201 g/mol. The minimum absolute atomic E-state index is 0.0428. The molecule has 0 aliphatic rings. The lowest BCUT2D eigenvalue weighted by atomic mass is 10.1. The van der Waals surface area contributed by atoms with Crippen LogP contribution in [0.4, 0.5) is 8.78 Å². The van der Waals surface area contributed by atoms with Gasteiger partial charge in [-0.1, -0.05) is 0 Å². The Balaban J connectivity index is 3.14. The second-order valence-electron chi connectivity index (χ2n) is 3.12. The van der Waals surface area contributed by atoms with Crippen LogP contribution in [0.15, 0.2) is 18.2 Å². The Bertz CT molecular complexity index is 320. The second kappa shape index (κ2) is 3.92. The number of alkyl halides is 2. The quantitative estimate of drug-likeness (QED) is 0.814. The maximum Gasteiger partial charge on any atom is 0.270 e. The van der Waals surface area contributed by atoms with Gasteiger partial charge in [0.05, 0.1) is 7.11 Å². The lowest BCUT2D eigenvalue weighted by Crippen LogP contribution is -2.09. The van der Waals surface area contributed by atoms with Crippen LogP contribution in [0.2, 0.25) is 0 Å². The molecule has 0 saturated heterocycles. The molecular weight excluding hydrogens is 188 g/mol. The molecule has 1 aromatic carbocycles. The number of ether oxygens (including phenoxy) is 1. The molecule has 1 rings (SSSR count). The van der Waals surface area contributed by atoms with Gasteiger partial charge in [-0.2, -0.15) is 0 Å². The minimum Gasteiger partial charge on any atom is -0.496 e. The van der Waals surface area contributed by atoms with E-state index in [1.54, 1.807) is 0 Å². The topological polar surface area (TPSA) is 35.2 Å². The van der Waals surface area contributed by atoms with Gasteiger partial charge in [0.1, 0.15) is 5.75 Å². The Morgan fingerprint density at radius 3 is 2.50 bits per heavy atom. The van der Waals surface area contributed by atoms with Crippen LogP contribution in [-0.4, -0.2) is 7.11 Å². The fourth-order valence-corrected chi connectivity index (χ4v) is 1.21. The highest BCUT2D eigenvalue weighted by Gasteiger charge is 2.24. The summed E-state index contributed by atoms with van der Waals surface area (Å²) in [6.45, 7) is 1.04. The molecule has 2 N–H and O–H groups in total. The lowest BCUT2D eigenvalue weighted by molar-refractivity contribution is 0.0173. The maximum absolute atomic E-state index is 12.9. The van der Waals surface area contributed by atoms with Crippen LogP contribution in [0.1, 0.15) is 18.1 Å². The van der Waals surface area contributed by atoms with Gasteiger partial charge in [0.2, 0.25) is 0 Å². The molecule has 0 aliphatic heterocycles. The van der Waals surface area contributed by atoms with Crippen molar-refractivity contribution in [2.45, 2.75) is 19.4 Å². The van der Waals surface area contributed by atoms with Gasteiger partial charge in [-0.05, 0) is 18.2 Å². The van der Waals surface area contributed by atoms with Crippen molar-refractivity contribution in [1.29, 1.82) is 0 Å². The third-order valence-corrected chi connectivity index (χ3v) is 2.01. The van der Waals surface area contributed by atoms with E-state index in [1.165, 1.54) is 25.3 Å². The van der Waals surface area contributed by atoms with Crippen LogP contribution in [0.3, 0.4) is 0 Å². The van der Waals surface area contributed by atoms with E-state index in [4.69, 9.17) is 10.5 Å². The van der Waals surface area contributed by atoms with Crippen molar-refractivity contribution in [3.8, 4) is 5.75 Å². The summed E-state index contributed by atoms with van der Waals surface area (Å²) >= 11 is 0. The standard InChI is InChI=1S/C10H13F2NO/c1-10(11,12)8-3-4-9(14-2)7(5-8)6-13/h3-5H,6,13H2,1-2H3. The number of halogens is 2. The molecule has 1 aromatic rings. The van der Waals surface area contributed by atoms with E-state index in [9.17, 15) is 8.78 Å². The van der Waals surface area contributed by atoms with Crippen LogP contribution < -0.4 is 10.5 Å². The van der Waals surface area contributed by atoms with Gasteiger partial charge in [-0.3, -0.25) is 0 Å². The Kier molecular flexibility index (Phi) is 3.06. The first-order valence-corrected chi connectivity index (χ1v) is 4.24. The molecule has 0 aromatic heterocycles. The van der Waals surface area contributed by atoms with Crippen molar-refractivity contribution in [2.75, 3.05) is 7.11 Å². The maximum atomic E-state index is 12.9. The van der Waals surface area contributed by atoms with E-state index in [0.717, 1.165) is 6.92 Å². The predicted octanol–water partition coefficient (Wildman–Crippen LogP) is 2.27. The summed E-state index contributed by atoms with van der Waals surface area (Å²) in [7, 11) is 1.48. The first-order valence-electron chi connectivity index (χ1n) is 4.24. The summed E-state index contributed by atoms with van der Waals surface area (Å²) in [4.78, 5) is 0. The third kappa shape index (κ3) is 2.20. The summed E-state index contributed by atoms with van der Waals surface area (Å²) < 4.78 is 30.8. The van der Waals surface area contributed by atoms with Crippen LogP contribution in [0, 0.1) is 0 Å². The van der Waals surface area contributed by atoms with Crippen LogP contribution in [0.5, 0.6) is 5.75 Å². The highest BCUT2D eigenvalue weighted by Crippen LogP contribution is 2.30. The number of benzene rings is 1. The average Bonchev–Trinajstić information content (AvgIpc) is 2.15. The van der Waals surface area contributed by atoms with E-state index in [-0.39, 0.29) is 12.1 Å². The second-order valence-corrected chi connectivity index (χ2v) is 3.12. The zero-order valence-electron chi connectivity index (χ0n) is 8.18. The van der Waals surface area contributed by atoms with Gasteiger partial charge in [0.15, 0.2) is 0 Å². The molecule has 0 atom stereocenters. The number of hydrogen-bond acceptors (Lipinski definition) is 2. The third-order valence-electron chi connectivity index (χ3n) is 2.01. The predicted molar refractivity (Wildman–Crippen MR) is 50.5 cm³/mol. The van der Waals surface area contributed by atoms with E-state index in [2.05, 4.69) is 0 Å². The molecule has 2 nitrogen and oxygen atoms in total. The molecule has 0 amide bonds. The molecule has 0 bridgehead atoms. The largest absolute Gasteiger partial charge is 0.496 e. The number of methoxy groups -OCH3 is 1. The molecule has 0 unspecified atom stereocenters. The van der Waals surface area contributed by atoms with E-state index >= 15 is 0 Å². The van der Waals surface area contributed by atoms with E-state index in [1.807, 2.05) is 0 Å². The van der Waals surface area contributed by atoms with Gasteiger partial charge in [0.25, 0.3) is 5.92 Å². The highest BCUT2D eigenvalue weighted by atomic mass is 19.3. The number of hydrogen-bond donors (Lipinski definition) is 1. The van der Waals surface area contributed by atoms with Crippen molar-refractivity contribution in [2.24, 2.45) is 5.73 Å². The van der Waals surface area contributed by atoms with Gasteiger partial charge >= 0.3 is 0 Å². The van der Waals surface area contributed by atoms with Crippen molar-refractivity contribution in [3.05, 3.63) is 29.3 Å². The van der Waals surface area contributed by atoms with Crippen molar-refractivity contribution in [1.82, 2.24) is 0 Å². The molecular formula is C10H13F2NO. The first kappa shape index (κ1) is 10.9. The summed E-state index contributed by atoms with van der Waals surface area (Å²) in [5.74, 6) is -2.29. The fourth-order valence-electron chi connectivity index (χ4n) is 1.21. The molecule has 14 heavy (non-hydrogen) atoms. The molecule has 0 spiro atoms. The van der Waals surface area contributed by atoms with Crippen LogP contribution >= 0.6 is 0 Å². The Morgan fingerprint density at radius 1 is 1.43 bits per heavy atom. The minimum atomic E-state index is -2.84. The molecule has 0 radical (unpaired) electrons. The van der Waals surface area contributed by atoms with Crippen molar-refractivity contribution < 1.29 is 13.5 Å². The summed E-state index contributed by atoms with van der Waals surface area (Å²) in [6, 6.07) is 4.23. The normalized spacial score (nSPS) is 11.5. The SMILES string of the molecule is COc1ccc(C(C)(F)F)cc1CN. The molecule has 4 heteroatoms. The summed E-state index contributed by atoms with van der Waals surface area (Å²) in [6.07, 6.45) is 0. The Labute approximate surface area is 81.7 Å². The van der Waals surface area contributed by atoms with E-state index < -0.39 is 5.92 Å². The number of rotatable bonds is 3. The highest BCUT2D eigenvalue weighted by molar-refractivity contribution is 5.38. The average molecular weight is 201 g/mol. The van der Waals surface area contributed by atoms with Crippen molar-refractivity contribution in [3.63, 3.8) is 0 Å². The fraction of sp³-hybridized carbons (Fsp3) is 0.400. The lowest BCUT2D eigenvalue weighted by Gasteiger charge is -2.13. The zero-order valence-corrected chi connectivity index (χ0v) is 8.18. The zero-order chi connectivity index (χ0) is 10.8. The van der Waals surface area contributed by atoms with E-state index in [0.29, 0.717) is 11.3 Å².